The van der Waals surface area contributed by atoms with Crippen LogP contribution >= 0.6 is 12.4 Å². The average molecular weight is 150 g/mol. The molecule has 0 amide bonds. The first kappa shape index (κ1) is 11.5. The second-order valence-corrected chi connectivity index (χ2v) is 1.55. The lowest BCUT2D eigenvalue weighted by atomic mass is 10.4. The maximum absolute atomic E-state index is 8.04. The van der Waals surface area contributed by atoms with Crippen molar-refractivity contribution >= 4 is 12.4 Å². The van der Waals surface area contributed by atoms with E-state index in [1.807, 2.05) is 13.0 Å². The average Bonchev–Trinajstić information content (AvgIpc) is 1.83. The summed E-state index contributed by atoms with van der Waals surface area (Å²) in [5, 5.41) is 10.8. The van der Waals surface area contributed by atoms with Crippen molar-refractivity contribution in [1.29, 1.82) is 5.26 Å². The largest absolute Gasteiger partial charge is 0.316 e. The summed E-state index contributed by atoms with van der Waals surface area (Å²) in [6.45, 7) is 2.31. The Labute approximate surface area is 61.6 Å². The summed E-state index contributed by atoms with van der Waals surface area (Å²) >= 11 is 0. The van der Waals surface area contributed by atoms with Crippen molar-refractivity contribution in [2.45, 2.75) is 19.5 Å². The van der Waals surface area contributed by atoms with Crippen LogP contribution in [0.1, 0.15) is 13.3 Å². The van der Waals surface area contributed by atoms with Gasteiger partial charge in [-0.05, 0) is 6.42 Å². The topological polar surface area (TPSA) is 61.8 Å². The molecule has 0 aliphatic carbocycles. The maximum atomic E-state index is 8.04. The third-order valence-corrected chi connectivity index (χ3v) is 0.883. The minimum Gasteiger partial charge on any atom is -0.316 e. The lowest BCUT2D eigenvalue weighted by Crippen LogP contribution is -2.36. The van der Waals surface area contributed by atoms with Gasteiger partial charge in [0.1, 0.15) is 0 Å². The minimum absolute atomic E-state index is 0. The summed E-state index contributed by atoms with van der Waals surface area (Å²) < 4.78 is 0. The molecule has 3 N–H and O–H groups in total. The number of nitriles is 1. The number of halogens is 1. The monoisotopic (exact) mass is 149 g/mol. The summed E-state index contributed by atoms with van der Waals surface area (Å²) in [4.78, 5) is 0. The van der Waals surface area contributed by atoms with Gasteiger partial charge in [-0.25, -0.2) is 0 Å². The molecule has 0 fully saturated rings. The standard InChI is InChI=1S/C5H11N3.ClH/c1-2-5(7)8-4-3-6;/h5,8H,2,4,7H2,1H3;1H. The van der Waals surface area contributed by atoms with Gasteiger partial charge in [-0.2, -0.15) is 5.26 Å². The fraction of sp³-hybridized carbons (Fsp3) is 0.800. The fourth-order valence-corrected chi connectivity index (χ4v) is 0.321. The van der Waals surface area contributed by atoms with Crippen LogP contribution < -0.4 is 11.1 Å². The van der Waals surface area contributed by atoms with E-state index in [-0.39, 0.29) is 18.6 Å². The second kappa shape index (κ2) is 7.70. The Balaban J connectivity index is 0. The number of rotatable bonds is 3. The van der Waals surface area contributed by atoms with Gasteiger partial charge in [0, 0.05) is 0 Å². The number of hydrogen-bond donors (Lipinski definition) is 2. The molecule has 0 aromatic carbocycles. The van der Waals surface area contributed by atoms with Gasteiger partial charge in [0.25, 0.3) is 0 Å². The Morgan fingerprint density at radius 2 is 2.33 bits per heavy atom. The van der Waals surface area contributed by atoms with E-state index in [0.717, 1.165) is 6.42 Å². The molecule has 1 unspecified atom stereocenters. The number of nitrogens with two attached hydrogens (primary N) is 1. The van der Waals surface area contributed by atoms with E-state index in [0.29, 0.717) is 6.54 Å². The van der Waals surface area contributed by atoms with Crippen molar-refractivity contribution in [3.05, 3.63) is 0 Å². The molecule has 0 bridgehead atoms. The van der Waals surface area contributed by atoms with E-state index in [9.17, 15) is 0 Å². The third kappa shape index (κ3) is 7.70. The summed E-state index contributed by atoms with van der Waals surface area (Å²) in [5.74, 6) is 0. The predicted octanol–water partition coefficient (Wildman–Crippen LogP) is 0.216. The lowest BCUT2D eigenvalue weighted by molar-refractivity contribution is 0.546. The quantitative estimate of drug-likeness (QED) is 0.446. The minimum atomic E-state index is -0.0188. The molecule has 54 valence electrons. The molecule has 0 rings (SSSR count). The van der Waals surface area contributed by atoms with Crippen LogP contribution in [-0.2, 0) is 0 Å². The Morgan fingerprint density at radius 3 is 2.67 bits per heavy atom. The van der Waals surface area contributed by atoms with Crippen LogP contribution in [-0.4, -0.2) is 12.7 Å². The summed E-state index contributed by atoms with van der Waals surface area (Å²) in [6.07, 6.45) is 0.844. The Hall–Kier alpha value is -0.300. The molecule has 0 heterocycles. The van der Waals surface area contributed by atoms with Crippen molar-refractivity contribution in [3.63, 3.8) is 0 Å². The molecule has 0 aromatic heterocycles. The van der Waals surface area contributed by atoms with Crippen molar-refractivity contribution in [3.8, 4) is 6.07 Å². The van der Waals surface area contributed by atoms with Crippen molar-refractivity contribution in [2.24, 2.45) is 5.73 Å². The Kier molecular flexibility index (Phi) is 9.83. The highest BCUT2D eigenvalue weighted by atomic mass is 35.5. The summed E-state index contributed by atoms with van der Waals surface area (Å²) in [6, 6.07) is 1.94. The van der Waals surface area contributed by atoms with E-state index < -0.39 is 0 Å². The van der Waals surface area contributed by atoms with Crippen LogP contribution in [0.4, 0.5) is 0 Å². The van der Waals surface area contributed by atoms with Crippen LogP contribution in [0.25, 0.3) is 0 Å². The van der Waals surface area contributed by atoms with Gasteiger partial charge in [0.15, 0.2) is 0 Å². The third-order valence-electron chi connectivity index (χ3n) is 0.883. The predicted molar refractivity (Wildman–Crippen MR) is 39.1 cm³/mol. The molecule has 0 aliphatic heterocycles. The zero-order valence-electron chi connectivity index (χ0n) is 5.42. The van der Waals surface area contributed by atoms with Gasteiger partial charge >= 0.3 is 0 Å². The molecule has 0 aromatic rings. The number of hydrogen-bond acceptors (Lipinski definition) is 3. The summed E-state index contributed by atoms with van der Waals surface area (Å²) in [5.41, 5.74) is 5.40. The lowest BCUT2D eigenvalue weighted by Gasteiger charge is -2.05. The van der Waals surface area contributed by atoms with Gasteiger partial charge in [-0.15, -0.1) is 12.4 Å². The van der Waals surface area contributed by atoms with E-state index in [1.54, 1.807) is 0 Å². The molecule has 0 spiro atoms. The van der Waals surface area contributed by atoms with Crippen molar-refractivity contribution < 1.29 is 0 Å². The molecule has 0 saturated heterocycles. The first-order valence-electron chi connectivity index (χ1n) is 2.67. The Morgan fingerprint density at radius 1 is 1.78 bits per heavy atom. The van der Waals surface area contributed by atoms with E-state index >= 15 is 0 Å². The number of nitrogens with zero attached hydrogens (tertiary/aromatic N) is 1. The first-order valence-corrected chi connectivity index (χ1v) is 2.67. The molecular weight excluding hydrogens is 138 g/mol. The van der Waals surface area contributed by atoms with Crippen molar-refractivity contribution in [1.82, 2.24) is 5.32 Å². The molecule has 3 nitrogen and oxygen atoms in total. The van der Waals surface area contributed by atoms with Gasteiger partial charge < -0.3 is 5.73 Å². The van der Waals surface area contributed by atoms with Gasteiger partial charge in [-0.1, -0.05) is 6.92 Å². The molecule has 0 aliphatic rings. The molecule has 0 saturated carbocycles. The second-order valence-electron chi connectivity index (χ2n) is 1.55. The van der Waals surface area contributed by atoms with Crippen LogP contribution in [0.15, 0.2) is 0 Å². The maximum Gasteiger partial charge on any atom is 0.0852 e. The molecule has 9 heavy (non-hydrogen) atoms. The molecular formula is C5H12ClN3. The number of nitrogens with one attached hydrogen (secondary N) is 1. The van der Waals surface area contributed by atoms with Crippen LogP contribution in [0, 0.1) is 11.3 Å². The first-order chi connectivity index (χ1) is 3.81. The van der Waals surface area contributed by atoms with E-state index in [1.165, 1.54) is 0 Å². The highest BCUT2D eigenvalue weighted by molar-refractivity contribution is 5.85. The zero-order chi connectivity index (χ0) is 6.41. The van der Waals surface area contributed by atoms with Crippen LogP contribution in [0.2, 0.25) is 0 Å². The summed E-state index contributed by atoms with van der Waals surface area (Å²) in [7, 11) is 0. The van der Waals surface area contributed by atoms with Crippen molar-refractivity contribution in [2.75, 3.05) is 6.54 Å². The smallest absolute Gasteiger partial charge is 0.0852 e. The normalized spacial score (nSPS) is 11.2. The van der Waals surface area contributed by atoms with Gasteiger partial charge in [-0.3, -0.25) is 5.32 Å². The van der Waals surface area contributed by atoms with E-state index in [2.05, 4.69) is 5.32 Å². The highest BCUT2D eigenvalue weighted by Crippen LogP contribution is 1.76. The zero-order valence-corrected chi connectivity index (χ0v) is 6.24. The highest BCUT2D eigenvalue weighted by Gasteiger charge is 1.92. The van der Waals surface area contributed by atoms with E-state index in [4.69, 9.17) is 11.0 Å². The SMILES string of the molecule is CCC(N)NCC#N.Cl. The molecule has 0 radical (unpaired) electrons. The fourth-order valence-electron chi connectivity index (χ4n) is 0.321. The van der Waals surface area contributed by atoms with Gasteiger partial charge in [0.2, 0.25) is 0 Å². The Bertz CT molecular complexity index is 88.7. The van der Waals surface area contributed by atoms with Gasteiger partial charge in [0.05, 0.1) is 18.8 Å². The van der Waals surface area contributed by atoms with Crippen LogP contribution in [0.3, 0.4) is 0 Å². The molecule has 4 heteroatoms. The van der Waals surface area contributed by atoms with Crippen LogP contribution in [0.5, 0.6) is 0 Å². The molecule has 1 atom stereocenters.